The van der Waals surface area contributed by atoms with Gasteiger partial charge in [0, 0.05) is 23.7 Å². The van der Waals surface area contributed by atoms with Crippen molar-refractivity contribution in [3.05, 3.63) is 64.7 Å². The number of fused-ring (bicyclic) bond motifs is 1. The number of para-hydroxylation sites is 1. The summed E-state index contributed by atoms with van der Waals surface area (Å²) in [7, 11) is 0. The lowest BCUT2D eigenvalue weighted by Crippen LogP contribution is -2.47. The summed E-state index contributed by atoms with van der Waals surface area (Å²) in [5, 5.41) is 0.671. The molecular weight excluding hydrogens is 350 g/mol. The van der Waals surface area contributed by atoms with Gasteiger partial charge in [0.2, 0.25) is 5.91 Å². The summed E-state index contributed by atoms with van der Waals surface area (Å²) in [6.07, 6.45) is 2.96. The minimum Gasteiger partial charge on any atom is -0.362 e. The van der Waals surface area contributed by atoms with E-state index in [0.29, 0.717) is 17.9 Å². The minimum atomic E-state index is -0.221. The summed E-state index contributed by atoms with van der Waals surface area (Å²) in [5.74, 6) is -0.436. The summed E-state index contributed by atoms with van der Waals surface area (Å²) < 4.78 is 0. The Hall–Kier alpha value is -2.53. The average Bonchev–Trinajstić information content (AvgIpc) is 2.66. The highest BCUT2D eigenvalue weighted by Gasteiger charge is 2.18. The lowest BCUT2D eigenvalue weighted by Gasteiger charge is -2.30. The molecule has 2 aromatic rings. The topological polar surface area (TPSA) is 61.4 Å². The first-order valence-corrected chi connectivity index (χ1v) is 9.14. The first kappa shape index (κ1) is 18.3. The van der Waals surface area contributed by atoms with Gasteiger partial charge in [0.25, 0.3) is 5.91 Å². The van der Waals surface area contributed by atoms with Crippen molar-refractivity contribution in [1.29, 1.82) is 0 Å². The summed E-state index contributed by atoms with van der Waals surface area (Å²) in [6.45, 7) is 1.07. The standard InChI is InChI=1S/C20H22ClN3O2/c21-17-10-7-15(8-11-17)9-12-19(25)22-23-20(26)14-24-13-3-5-16-4-1-2-6-18(16)24/h1-2,4,6-8,10-11H,3,5,9,12-14H2,(H,22,25)(H,23,26). The van der Waals surface area contributed by atoms with Crippen molar-refractivity contribution in [2.45, 2.75) is 25.7 Å². The van der Waals surface area contributed by atoms with Gasteiger partial charge in [-0.2, -0.15) is 0 Å². The van der Waals surface area contributed by atoms with Crippen LogP contribution in [0.25, 0.3) is 0 Å². The molecule has 3 rings (SSSR count). The Balaban J connectivity index is 1.43. The van der Waals surface area contributed by atoms with E-state index < -0.39 is 0 Å². The number of carbonyl (C=O) groups excluding carboxylic acids is 2. The first-order valence-electron chi connectivity index (χ1n) is 8.77. The second-order valence-corrected chi connectivity index (χ2v) is 6.81. The molecule has 0 bridgehead atoms. The molecule has 0 unspecified atom stereocenters. The normalized spacial score (nSPS) is 13.0. The van der Waals surface area contributed by atoms with Crippen LogP contribution in [0.3, 0.4) is 0 Å². The number of aryl methyl sites for hydroxylation is 2. The SMILES string of the molecule is O=C(CCc1ccc(Cl)cc1)NNC(=O)CN1CCCc2ccccc21. The van der Waals surface area contributed by atoms with Crippen molar-refractivity contribution in [1.82, 2.24) is 10.9 Å². The van der Waals surface area contributed by atoms with E-state index in [0.717, 1.165) is 30.6 Å². The van der Waals surface area contributed by atoms with Gasteiger partial charge in [-0.15, -0.1) is 0 Å². The van der Waals surface area contributed by atoms with Crippen molar-refractivity contribution in [3.8, 4) is 0 Å². The fourth-order valence-electron chi connectivity index (χ4n) is 3.10. The average molecular weight is 372 g/mol. The summed E-state index contributed by atoms with van der Waals surface area (Å²) >= 11 is 5.84. The molecule has 2 amide bonds. The third-order valence-corrected chi connectivity index (χ3v) is 4.69. The monoisotopic (exact) mass is 371 g/mol. The largest absolute Gasteiger partial charge is 0.362 e. The third kappa shape index (κ3) is 4.99. The van der Waals surface area contributed by atoms with Gasteiger partial charge in [0.05, 0.1) is 6.54 Å². The molecule has 0 aromatic heterocycles. The van der Waals surface area contributed by atoms with Gasteiger partial charge in [-0.3, -0.25) is 20.4 Å². The second-order valence-electron chi connectivity index (χ2n) is 6.38. The maximum atomic E-state index is 12.2. The molecule has 1 aliphatic rings. The Morgan fingerprint density at radius 2 is 1.73 bits per heavy atom. The Bertz CT molecular complexity index is 777. The molecule has 5 nitrogen and oxygen atoms in total. The number of nitrogens with one attached hydrogen (secondary N) is 2. The van der Waals surface area contributed by atoms with Crippen LogP contribution < -0.4 is 15.8 Å². The summed E-state index contributed by atoms with van der Waals surface area (Å²) in [4.78, 5) is 26.1. The van der Waals surface area contributed by atoms with Crippen LogP contribution >= 0.6 is 11.6 Å². The van der Waals surface area contributed by atoms with Gasteiger partial charge in [-0.05, 0) is 48.6 Å². The van der Waals surface area contributed by atoms with Crippen LogP contribution in [0.4, 0.5) is 5.69 Å². The van der Waals surface area contributed by atoms with Crippen LogP contribution in [0.5, 0.6) is 0 Å². The lowest BCUT2D eigenvalue weighted by atomic mass is 10.0. The van der Waals surface area contributed by atoms with E-state index in [1.165, 1.54) is 5.56 Å². The number of hydrogen-bond donors (Lipinski definition) is 2. The molecule has 0 aliphatic carbocycles. The molecule has 0 fully saturated rings. The van der Waals surface area contributed by atoms with Gasteiger partial charge in [-0.25, -0.2) is 0 Å². The maximum absolute atomic E-state index is 12.2. The van der Waals surface area contributed by atoms with Gasteiger partial charge in [0.15, 0.2) is 0 Å². The highest BCUT2D eigenvalue weighted by atomic mass is 35.5. The molecule has 0 saturated carbocycles. The zero-order chi connectivity index (χ0) is 18.4. The van der Waals surface area contributed by atoms with Crippen LogP contribution in [0.1, 0.15) is 24.0 Å². The molecule has 1 heterocycles. The number of anilines is 1. The van der Waals surface area contributed by atoms with E-state index in [1.54, 1.807) is 12.1 Å². The molecule has 2 aromatic carbocycles. The van der Waals surface area contributed by atoms with Crippen molar-refractivity contribution in [2.75, 3.05) is 18.0 Å². The molecule has 6 heteroatoms. The van der Waals surface area contributed by atoms with Crippen LogP contribution in [0, 0.1) is 0 Å². The zero-order valence-electron chi connectivity index (χ0n) is 14.5. The van der Waals surface area contributed by atoms with E-state index in [2.05, 4.69) is 16.9 Å². The van der Waals surface area contributed by atoms with Crippen LogP contribution in [0.15, 0.2) is 48.5 Å². The number of hydrogen-bond acceptors (Lipinski definition) is 3. The van der Waals surface area contributed by atoms with Gasteiger partial charge in [-0.1, -0.05) is 41.9 Å². The molecule has 0 spiro atoms. The Labute approximate surface area is 158 Å². The molecular formula is C20H22ClN3O2. The van der Waals surface area contributed by atoms with E-state index in [4.69, 9.17) is 11.6 Å². The highest BCUT2D eigenvalue weighted by Crippen LogP contribution is 2.26. The van der Waals surface area contributed by atoms with E-state index >= 15 is 0 Å². The van der Waals surface area contributed by atoms with Gasteiger partial charge < -0.3 is 4.90 Å². The number of rotatable bonds is 5. The number of nitrogens with zero attached hydrogens (tertiary/aromatic N) is 1. The fourth-order valence-corrected chi connectivity index (χ4v) is 3.23. The van der Waals surface area contributed by atoms with E-state index in [9.17, 15) is 9.59 Å². The van der Waals surface area contributed by atoms with E-state index in [-0.39, 0.29) is 18.4 Å². The zero-order valence-corrected chi connectivity index (χ0v) is 15.3. The number of benzene rings is 2. The first-order chi connectivity index (χ1) is 12.6. The quantitative estimate of drug-likeness (QED) is 0.794. The second kappa shape index (κ2) is 8.72. The molecule has 0 saturated heterocycles. The van der Waals surface area contributed by atoms with Crippen molar-refractivity contribution in [2.24, 2.45) is 0 Å². The highest BCUT2D eigenvalue weighted by molar-refractivity contribution is 6.30. The third-order valence-electron chi connectivity index (χ3n) is 4.44. The summed E-state index contributed by atoms with van der Waals surface area (Å²) in [6, 6.07) is 15.5. The molecule has 1 aliphatic heterocycles. The van der Waals surface area contributed by atoms with Crippen molar-refractivity contribution >= 4 is 29.1 Å². The molecule has 26 heavy (non-hydrogen) atoms. The Kier molecular flexibility index (Phi) is 6.12. The van der Waals surface area contributed by atoms with Crippen LogP contribution in [-0.4, -0.2) is 24.9 Å². The number of hydrazine groups is 1. The molecule has 0 atom stereocenters. The number of amides is 2. The molecule has 0 radical (unpaired) electrons. The predicted octanol–water partition coefficient (Wildman–Crippen LogP) is 2.87. The Morgan fingerprint density at radius 3 is 2.54 bits per heavy atom. The van der Waals surface area contributed by atoms with Gasteiger partial charge in [0.1, 0.15) is 0 Å². The van der Waals surface area contributed by atoms with Crippen molar-refractivity contribution in [3.63, 3.8) is 0 Å². The van der Waals surface area contributed by atoms with Crippen LogP contribution in [-0.2, 0) is 22.4 Å². The molecule has 2 N–H and O–H groups in total. The lowest BCUT2D eigenvalue weighted by molar-refractivity contribution is -0.128. The predicted molar refractivity (Wildman–Crippen MR) is 103 cm³/mol. The molecule has 136 valence electrons. The smallest absolute Gasteiger partial charge is 0.257 e. The van der Waals surface area contributed by atoms with Crippen molar-refractivity contribution < 1.29 is 9.59 Å². The fraction of sp³-hybridized carbons (Fsp3) is 0.300. The van der Waals surface area contributed by atoms with E-state index in [1.807, 2.05) is 35.2 Å². The summed E-state index contributed by atoms with van der Waals surface area (Å²) in [5.41, 5.74) is 8.38. The maximum Gasteiger partial charge on any atom is 0.257 e. The number of carbonyl (C=O) groups is 2. The van der Waals surface area contributed by atoms with Gasteiger partial charge >= 0.3 is 0 Å². The number of halogens is 1. The minimum absolute atomic E-state index is 0.215. The Morgan fingerprint density at radius 1 is 1.00 bits per heavy atom. The van der Waals surface area contributed by atoms with Crippen LogP contribution in [0.2, 0.25) is 5.02 Å².